The maximum absolute atomic E-state index is 11.2. The van der Waals surface area contributed by atoms with Crippen molar-refractivity contribution < 1.29 is 13.5 Å². The van der Waals surface area contributed by atoms with Crippen LogP contribution in [0.4, 0.5) is 0 Å². The first-order valence-electron chi connectivity index (χ1n) is 4.35. The summed E-state index contributed by atoms with van der Waals surface area (Å²) in [5, 5.41) is 10.1. The van der Waals surface area contributed by atoms with E-state index in [1.54, 1.807) is 13.8 Å². The number of hydrogen-bond acceptors (Lipinski definition) is 4. The zero-order chi connectivity index (χ0) is 10.3. The van der Waals surface area contributed by atoms with Gasteiger partial charge in [0.05, 0.1) is 17.1 Å². The summed E-state index contributed by atoms with van der Waals surface area (Å²) < 4.78 is 22.4. The van der Waals surface area contributed by atoms with Crippen LogP contribution < -0.4 is 5.73 Å². The average molecular weight is 207 g/mol. The molecule has 4 nitrogen and oxygen atoms in total. The van der Waals surface area contributed by atoms with E-state index in [1.807, 2.05) is 0 Å². The van der Waals surface area contributed by atoms with Gasteiger partial charge in [0.25, 0.3) is 0 Å². The monoisotopic (exact) mass is 207 g/mol. The molecule has 1 aliphatic heterocycles. The van der Waals surface area contributed by atoms with Gasteiger partial charge in [0, 0.05) is 12.0 Å². The summed E-state index contributed by atoms with van der Waals surface area (Å²) in [6.45, 7) is 3.89. The average Bonchev–Trinajstić information content (AvgIpc) is 2.27. The maximum Gasteiger partial charge on any atom is 0.153 e. The van der Waals surface area contributed by atoms with E-state index in [9.17, 15) is 13.5 Å². The normalized spacial score (nSPS) is 33.5. The van der Waals surface area contributed by atoms with Crippen LogP contribution in [0.1, 0.15) is 20.3 Å². The summed E-state index contributed by atoms with van der Waals surface area (Å²) >= 11 is 0. The van der Waals surface area contributed by atoms with E-state index in [2.05, 4.69) is 0 Å². The summed E-state index contributed by atoms with van der Waals surface area (Å²) in [7, 11) is -3.05. The molecule has 1 atom stereocenters. The van der Waals surface area contributed by atoms with Gasteiger partial charge in [-0.05, 0) is 6.42 Å². The molecule has 0 radical (unpaired) electrons. The molecule has 0 spiro atoms. The molecular formula is C8H17NO3S. The van der Waals surface area contributed by atoms with Gasteiger partial charge in [0.15, 0.2) is 9.84 Å². The minimum atomic E-state index is -3.05. The Morgan fingerprint density at radius 1 is 1.54 bits per heavy atom. The van der Waals surface area contributed by atoms with Gasteiger partial charge in [-0.25, -0.2) is 8.42 Å². The molecule has 0 saturated carbocycles. The number of sulfone groups is 1. The van der Waals surface area contributed by atoms with E-state index in [0.717, 1.165) is 0 Å². The van der Waals surface area contributed by atoms with Crippen LogP contribution in [0.3, 0.4) is 0 Å². The van der Waals surface area contributed by atoms with Crippen LogP contribution in [0.15, 0.2) is 0 Å². The molecule has 5 heteroatoms. The van der Waals surface area contributed by atoms with Gasteiger partial charge in [0.1, 0.15) is 0 Å². The van der Waals surface area contributed by atoms with Crippen LogP contribution in [0.2, 0.25) is 0 Å². The predicted molar refractivity (Wildman–Crippen MR) is 51.1 cm³/mol. The first-order chi connectivity index (χ1) is 5.72. The molecule has 1 heterocycles. The van der Waals surface area contributed by atoms with Gasteiger partial charge >= 0.3 is 0 Å². The summed E-state index contributed by atoms with van der Waals surface area (Å²) in [6.07, 6.45) is 0.305. The predicted octanol–water partition coefficient (Wildman–Crippen LogP) is -0.479. The first kappa shape index (κ1) is 10.9. The fourth-order valence-electron chi connectivity index (χ4n) is 1.56. The fraction of sp³-hybridized carbons (Fsp3) is 1.00. The third-order valence-corrected chi connectivity index (χ3v) is 4.80. The zero-order valence-corrected chi connectivity index (χ0v) is 8.89. The SMILES string of the molecule is CC(C)(CN)C1(O)CCS(=O)(=O)C1. The second kappa shape index (κ2) is 2.93. The Hall–Kier alpha value is -0.130. The molecule has 0 amide bonds. The Morgan fingerprint density at radius 3 is 2.38 bits per heavy atom. The smallest absolute Gasteiger partial charge is 0.153 e. The molecule has 3 N–H and O–H groups in total. The number of rotatable bonds is 2. The molecule has 0 aliphatic carbocycles. The van der Waals surface area contributed by atoms with E-state index in [4.69, 9.17) is 5.73 Å². The van der Waals surface area contributed by atoms with Crippen molar-refractivity contribution in [3.05, 3.63) is 0 Å². The molecule has 0 aromatic carbocycles. The Bertz CT molecular complexity index is 297. The molecule has 78 valence electrons. The second-order valence-electron chi connectivity index (χ2n) is 4.46. The van der Waals surface area contributed by atoms with Crippen molar-refractivity contribution in [3.8, 4) is 0 Å². The molecule has 0 aromatic heterocycles. The van der Waals surface area contributed by atoms with Crippen LogP contribution in [-0.2, 0) is 9.84 Å². The van der Waals surface area contributed by atoms with Crippen molar-refractivity contribution in [2.45, 2.75) is 25.9 Å². The lowest BCUT2D eigenvalue weighted by Crippen LogP contribution is -2.49. The highest BCUT2D eigenvalue weighted by atomic mass is 32.2. The van der Waals surface area contributed by atoms with Crippen LogP contribution in [-0.4, -0.2) is 37.2 Å². The van der Waals surface area contributed by atoms with Gasteiger partial charge in [-0.3, -0.25) is 0 Å². The largest absolute Gasteiger partial charge is 0.388 e. The number of nitrogens with two attached hydrogens (primary N) is 1. The van der Waals surface area contributed by atoms with Crippen molar-refractivity contribution in [2.75, 3.05) is 18.1 Å². The Labute approximate surface area is 79.0 Å². The lowest BCUT2D eigenvalue weighted by molar-refractivity contribution is -0.0392. The molecule has 13 heavy (non-hydrogen) atoms. The first-order valence-corrected chi connectivity index (χ1v) is 6.17. The third-order valence-electron chi connectivity index (χ3n) is 3.06. The van der Waals surface area contributed by atoms with E-state index in [1.165, 1.54) is 0 Å². The molecule has 1 rings (SSSR count). The maximum atomic E-state index is 11.2. The van der Waals surface area contributed by atoms with Crippen molar-refractivity contribution in [2.24, 2.45) is 11.1 Å². The van der Waals surface area contributed by atoms with Crippen LogP contribution >= 0.6 is 0 Å². The highest BCUT2D eigenvalue weighted by molar-refractivity contribution is 7.91. The van der Waals surface area contributed by atoms with E-state index in [-0.39, 0.29) is 11.5 Å². The molecule has 0 aromatic rings. The van der Waals surface area contributed by atoms with Gasteiger partial charge < -0.3 is 10.8 Å². The van der Waals surface area contributed by atoms with Crippen LogP contribution in [0.25, 0.3) is 0 Å². The highest BCUT2D eigenvalue weighted by Gasteiger charge is 2.50. The molecular weight excluding hydrogens is 190 g/mol. The van der Waals surface area contributed by atoms with Crippen LogP contribution in [0, 0.1) is 5.41 Å². The fourth-order valence-corrected chi connectivity index (χ4v) is 3.61. The van der Waals surface area contributed by atoms with Crippen molar-refractivity contribution in [3.63, 3.8) is 0 Å². The summed E-state index contributed by atoms with van der Waals surface area (Å²) in [4.78, 5) is 0. The minimum absolute atomic E-state index is 0.0763. The summed E-state index contributed by atoms with van der Waals surface area (Å²) in [5.41, 5.74) is 3.84. The second-order valence-corrected chi connectivity index (χ2v) is 6.65. The molecule has 1 aliphatic rings. The number of aliphatic hydroxyl groups is 1. The summed E-state index contributed by atoms with van der Waals surface area (Å²) in [5.74, 6) is -0.0723. The van der Waals surface area contributed by atoms with Crippen LogP contribution in [0.5, 0.6) is 0 Å². The molecule has 0 bridgehead atoms. The molecule has 1 unspecified atom stereocenters. The lowest BCUT2D eigenvalue weighted by atomic mass is 9.74. The van der Waals surface area contributed by atoms with Gasteiger partial charge in [-0.15, -0.1) is 0 Å². The van der Waals surface area contributed by atoms with Gasteiger partial charge in [0.2, 0.25) is 0 Å². The standard InChI is InChI=1S/C8H17NO3S/c1-7(2,5-9)8(10)3-4-13(11,12)6-8/h10H,3-6,9H2,1-2H3. The zero-order valence-electron chi connectivity index (χ0n) is 8.08. The summed E-state index contributed by atoms with van der Waals surface area (Å²) in [6, 6.07) is 0. The molecule has 1 saturated heterocycles. The topological polar surface area (TPSA) is 80.4 Å². The Morgan fingerprint density at radius 2 is 2.08 bits per heavy atom. The Kier molecular flexibility index (Phi) is 2.47. The van der Waals surface area contributed by atoms with Gasteiger partial charge in [-0.2, -0.15) is 0 Å². The lowest BCUT2D eigenvalue weighted by Gasteiger charge is -2.38. The van der Waals surface area contributed by atoms with Crippen molar-refractivity contribution >= 4 is 9.84 Å². The number of hydrogen-bond donors (Lipinski definition) is 2. The van der Waals surface area contributed by atoms with E-state index in [0.29, 0.717) is 13.0 Å². The quantitative estimate of drug-likeness (QED) is 0.641. The third kappa shape index (κ3) is 1.87. The van der Waals surface area contributed by atoms with Gasteiger partial charge in [-0.1, -0.05) is 13.8 Å². The van der Waals surface area contributed by atoms with E-state index >= 15 is 0 Å². The van der Waals surface area contributed by atoms with E-state index < -0.39 is 20.9 Å². The Balaban J connectivity index is 2.93. The molecule has 1 fully saturated rings. The van der Waals surface area contributed by atoms with Crippen molar-refractivity contribution in [1.29, 1.82) is 0 Å². The van der Waals surface area contributed by atoms with Crippen molar-refractivity contribution in [1.82, 2.24) is 0 Å². The highest BCUT2D eigenvalue weighted by Crippen LogP contribution is 2.38. The minimum Gasteiger partial charge on any atom is -0.388 e.